The number of hydrogen-bond acceptors (Lipinski definition) is 4. The van der Waals surface area contributed by atoms with Crippen molar-refractivity contribution in [3.63, 3.8) is 0 Å². The van der Waals surface area contributed by atoms with E-state index in [4.69, 9.17) is 0 Å². The fourth-order valence-electron chi connectivity index (χ4n) is 1.29. The van der Waals surface area contributed by atoms with Crippen LogP contribution in [0, 0.1) is 17.0 Å². The van der Waals surface area contributed by atoms with Crippen LogP contribution in [0.2, 0.25) is 0 Å². The molecule has 1 rings (SSSR count). The van der Waals surface area contributed by atoms with Crippen molar-refractivity contribution in [1.29, 1.82) is 0 Å². The second-order valence-corrected chi connectivity index (χ2v) is 6.45. The Hall–Kier alpha value is -1.96. The van der Waals surface area contributed by atoms with Gasteiger partial charge in [-0.25, -0.2) is 9.00 Å². The first kappa shape index (κ1) is 14.1. The highest BCUT2D eigenvalue weighted by molar-refractivity contribution is 7.92. The van der Waals surface area contributed by atoms with Gasteiger partial charge in [-0.05, 0) is 13.0 Å². The van der Waals surface area contributed by atoms with Crippen molar-refractivity contribution in [2.75, 3.05) is 17.8 Å². The quantitative estimate of drug-likeness (QED) is 0.657. The molecule has 0 spiro atoms. The molecule has 0 saturated carbocycles. The van der Waals surface area contributed by atoms with Crippen LogP contribution in [-0.2, 0) is 9.73 Å². The summed E-state index contributed by atoms with van der Waals surface area (Å²) in [5.41, 5.74) is 0.507. The van der Waals surface area contributed by atoms with Crippen LogP contribution in [-0.4, -0.2) is 27.7 Å². The van der Waals surface area contributed by atoms with E-state index in [1.54, 1.807) is 0 Å². The van der Waals surface area contributed by atoms with Gasteiger partial charge >= 0.3 is 6.03 Å². The largest absolute Gasteiger partial charge is 0.353 e. The van der Waals surface area contributed by atoms with E-state index in [1.165, 1.54) is 37.6 Å². The monoisotopic (exact) mass is 271 g/mol. The van der Waals surface area contributed by atoms with Gasteiger partial charge in [-0.2, -0.15) is 0 Å². The summed E-state index contributed by atoms with van der Waals surface area (Å²) in [4.78, 5) is 21.6. The Bertz CT molecular complexity index is 610. The molecule has 0 aliphatic rings. The summed E-state index contributed by atoms with van der Waals surface area (Å²) in [6.45, 7) is 1.52. The second kappa shape index (κ2) is 5.13. The molecule has 0 radical (unpaired) electrons. The molecule has 1 aromatic rings. The Balaban J connectivity index is 3.07. The molecule has 7 nitrogen and oxygen atoms in total. The smallest absolute Gasteiger partial charge is 0.305 e. The number of carbonyl (C=O) groups is 1. The third-order valence-electron chi connectivity index (χ3n) is 2.05. The SMILES string of the molecule is Cc1c(NC(=O)N=S(C)(C)=O)cccc1[N+](=O)[O-]. The molecular weight excluding hydrogens is 258 g/mol. The van der Waals surface area contributed by atoms with Crippen molar-refractivity contribution < 1.29 is 13.9 Å². The lowest BCUT2D eigenvalue weighted by atomic mass is 10.1. The first-order valence-electron chi connectivity index (χ1n) is 4.93. The molecule has 0 saturated heterocycles. The number of nitro benzene ring substituents is 1. The molecular formula is C10H13N3O4S. The lowest BCUT2D eigenvalue weighted by Crippen LogP contribution is -2.10. The first-order valence-corrected chi connectivity index (χ1v) is 7.26. The highest BCUT2D eigenvalue weighted by Crippen LogP contribution is 2.25. The Kier molecular flexibility index (Phi) is 4.02. The molecule has 1 N–H and O–H groups in total. The fraction of sp³-hybridized carbons (Fsp3) is 0.300. The standard InChI is InChI=1S/C10H13N3O4S/c1-7-8(5-4-6-9(7)13(15)16)11-10(14)12-18(2,3)17/h4-6H,1-3H3,(H,11,14). The summed E-state index contributed by atoms with van der Waals surface area (Å²) in [5.74, 6) is 0. The molecule has 8 heteroatoms. The summed E-state index contributed by atoms with van der Waals surface area (Å²) in [7, 11) is -2.55. The average molecular weight is 271 g/mol. The Labute approximate surface area is 105 Å². The van der Waals surface area contributed by atoms with Crippen molar-refractivity contribution in [1.82, 2.24) is 0 Å². The van der Waals surface area contributed by atoms with E-state index in [2.05, 4.69) is 9.68 Å². The summed E-state index contributed by atoms with van der Waals surface area (Å²) in [6.07, 6.45) is 2.65. The predicted octanol–water partition coefficient (Wildman–Crippen LogP) is 2.16. The molecule has 0 aliphatic heterocycles. The number of benzene rings is 1. The van der Waals surface area contributed by atoms with Gasteiger partial charge in [0, 0.05) is 18.6 Å². The summed E-state index contributed by atoms with van der Waals surface area (Å²) in [6, 6.07) is 3.53. The number of hydrogen-bond donors (Lipinski definition) is 1. The zero-order valence-corrected chi connectivity index (χ0v) is 11.0. The number of amides is 2. The third-order valence-corrected chi connectivity index (χ3v) is 2.65. The topological polar surface area (TPSA) is 102 Å². The molecule has 98 valence electrons. The van der Waals surface area contributed by atoms with E-state index in [9.17, 15) is 19.1 Å². The number of anilines is 1. The predicted molar refractivity (Wildman–Crippen MR) is 69.3 cm³/mol. The highest BCUT2D eigenvalue weighted by Gasteiger charge is 2.14. The maximum absolute atomic E-state index is 11.4. The molecule has 0 heterocycles. The van der Waals surface area contributed by atoms with Gasteiger partial charge in [-0.3, -0.25) is 10.1 Å². The van der Waals surface area contributed by atoms with Gasteiger partial charge in [-0.15, -0.1) is 4.36 Å². The number of nitrogens with zero attached hydrogens (tertiary/aromatic N) is 2. The van der Waals surface area contributed by atoms with Gasteiger partial charge in [0.25, 0.3) is 5.69 Å². The molecule has 0 fully saturated rings. The minimum Gasteiger partial charge on any atom is -0.305 e. The van der Waals surface area contributed by atoms with Crippen LogP contribution in [0.3, 0.4) is 0 Å². The minimum absolute atomic E-state index is 0.0958. The molecule has 2 amide bonds. The minimum atomic E-state index is -2.55. The van der Waals surface area contributed by atoms with Gasteiger partial charge in [-0.1, -0.05) is 6.07 Å². The van der Waals surface area contributed by atoms with Crippen LogP contribution in [0.1, 0.15) is 5.56 Å². The van der Waals surface area contributed by atoms with E-state index in [1.807, 2.05) is 0 Å². The Morgan fingerprint density at radius 2 is 2.06 bits per heavy atom. The highest BCUT2D eigenvalue weighted by atomic mass is 32.2. The number of rotatable bonds is 2. The Morgan fingerprint density at radius 1 is 1.44 bits per heavy atom. The summed E-state index contributed by atoms with van der Waals surface area (Å²) >= 11 is 0. The molecule has 0 bridgehead atoms. The lowest BCUT2D eigenvalue weighted by molar-refractivity contribution is -0.385. The van der Waals surface area contributed by atoms with E-state index in [0.29, 0.717) is 5.56 Å². The van der Waals surface area contributed by atoms with Gasteiger partial charge < -0.3 is 5.32 Å². The van der Waals surface area contributed by atoms with Crippen molar-refractivity contribution in [2.24, 2.45) is 4.36 Å². The van der Waals surface area contributed by atoms with Gasteiger partial charge in [0.15, 0.2) is 0 Å². The average Bonchev–Trinajstić information content (AvgIpc) is 2.17. The van der Waals surface area contributed by atoms with Crippen LogP contribution in [0.15, 0.2) is 22.6 Å². The second-order valence-electron chi connectivity index (χ2n) is 3.91. The summed E-state index contributed by atoms with van der Waals surface area (Å²) in [5, 5.41) is 13.1. The maximum atomic E-state index is 11.4. The van der Waals surface area contributed by atoms with Crippen molar-refractivity contribution in [3.05, 3.63) is 33.9 Å². The molecule has 0 aromatic heterocycles. The van der Waals surface area contributed by atoms with E-state index in [0.717, 1.165) is 0 Å². The molecule has 18 heavy (non-hydrogen) atoms. The van der Waals surface area contributed by atoms with E-state index >= 15 is 0 Å². The number of carbonyl (C=O) groups excluding carboxylic acids is 1. The van der Waals surface area contributed by atoms with Crippen LogP contribution >= 0.6 is 0 Å². The van der Waals surface area contributed by atoms with Crippen LogP contribution in [0.5, 0.6) is 0 Å². The number of urea groups is 1. The third kappa shape index (κ3) is 3.81. The molecule has 0 unspecified atom stereocenters. The lowest BCUT2D eigenvalue weighted by Gasteiger charge is -2.06. The molecule has 1 aromatic carbocycles. The first-order chi connectivity index (χ1) is 8.20. The van der Waals surface area contributed by atoms with Gasteiger partial charge in [0.05, 0.1) is 25.9 Å². The van der Waals surface area contributed by atoms with Gasteiger partial charge in [0.1, 0.15) is 0 Å². The van der Waals surface area contributed by atoms with Gasteiger partial charge in [0.2, 0.25) is 0 Å². The van der Waals surface area contributed by atoms with Crippen molar-refractivity contribution in [2.45, 2.75) is 6.92 Å². The number of nitrogens with one attached hydrogen (secondary N) is 1. The maximum Gasteiger partial charge on any atom is 0.353 e. The van der Waals surface area contributed by atoms with Crippen LogP contribution in [0.4, 0.5) is 16.2 Å². The zero-order valence-electron chi connectivity index (χ0n) is 10.2. The Morgan fingerprint density at radius 3 is 2.56 bits per heavy atom. The number of nitro groups is 1. The summed E-state index contributed by atoms with van der Waals surface area (Å²) < 4.78 is 14.7. The molecule has 0 aliphatic carbocycles. The normalized spacial score (nSPS) is 10.8. The van der Waals surface area contributed by atoms with E-state index < -0.39 is 20.7 Å². The fourth-order valence-corrected chi connectivity index (χ4v) is 1.74. The van der Waals surface area contributed by atoms with Crippen LogP contribution < -0.4 is 5.32 Å². The van der Waals surface area contributed by atoms with Crippen molar-refractivity contribution >= 4 is 27.1 Å². The van der Waals surface area contributed by atoms with Crippen LogP contribution in [0.25, 0.3) is 0 Å². The molecule has 0 atom stereocenters. The van der Waals surface area contributed by atoms with E-state index in [-0.39, 0.29) is 11.4 Å². The zero-order chi connectivity index (χ0) is 13.9. The van der Waals surface area contributed by atoms with Crippen molar-refractivity contribution in [3.8, 4) is 0 Å².